The number of fused-ring (bicyclic) bond motifs is 1. The van der Waals surface area contributed by atoms with Gasteiger partial charge in [0, 0.05) is 5.41 Å². The molecule has 3 heteroatoms. The lowest BCUT2D eigenvalue weighted by Gasteiger charge is -2.37. The highest BCUT2D eigenvalue weighted by molar-refractivity contribution is 6.12. The molecule has 0 unspecified atom stereocenters. The average molecular weight is 246 g/mol. The first-order chi connectivity index (χ1) is 8.44. The lowest BCUT2D eigenvalue weighted by molar-refractivity contribution is -0.151. The van der Waals surface area contributed by atoms with E-state index >= 15 is 0 Å². The predicted octanol–water partition coefficient (Wildman–Crippen LogP) is 2.28. The number of rotatable bonds is 0. The fourth-order valence-corrected chi connectivity index (χ4v) is 3.90. The minimum Gasteiger partial charge on any atom is -0.460 e. The van der Waals surface area contributed by atoms with E-state index in [1.807, 2.05) is 6.92 Å². The first-order valence-electron chi connectivity index (χ1n) is 6.51. The summed E-state index contributed by atoms with van der Waals surface area (Å²) in [7, 11) is 0. The number of ketones is 1. The second-order valence-corrected chi connectivity index (χ2v) is 6.05. The largest absolute Gasteiger partial charge is 0.460 e. The molecule has 4 atom stereocenters. The van der Waals surface area contributed by atoms with E-state index in [9.17, 15) is 9.59 Å². The number of carbonyl (C=O) groups is 2. The van der Waals surface area contributed by atoms with Gasteiger partial charge < -0.3 is 4.74 Å². The lowest BCUT2D eigenvalue weighted by atomic mass is 9.65. The summed E-state index contributed by atoms with van der Waals surface area (Å²) in [6, 6.07) is 0. The summed E-state index contributed by atoms with van der Waals surface area (Å²) in [6.45, 7) is 8.18. The first-order valence-corrected chi connectivity index (χ1v) is 6.51. The van der Waals surface area contributed by atoms with E-state index in [4.69, 9.17) is 4.74 Å². The Morgan fingerprint density at radius 1 is 1.44 bits per heavy atom. The molecular weight excluding hydrogens is 228 g/mol. The molecule has 0 bridgehead atoms. The molecule has 0 radical (unpaired) electrons. The number of hydrogen-bond donors (Lipinski definition) is 0. The molecule has 0 N–H and O–H groups in total. The lowest BCUT2D eigenvalue weighted by Crippen LogP contribution is -2.42. The summed E-state index contributed by atoms with van der Waals surface area (Å²) < 4.78 is 5.08. The summed E-state index contributed by atoms with van der Waals surface area (Å²) in [6.07, 6.45) is 5.67. The van der Waals surface area contributed by atoms with Gasteiger partial charge in [0.15, 0.2) is 11.2 Å². The third-order valence-electron chi connectivity index (χ3n) is 5.40. The van der Waals surface area contributed by atoms with Crippen molar-refractivity contribution in [3.8, 4) is 0 Å². The van der Waals surface area contributed by atoms with Gasteiger partial charge in [0.2, 0.25) is 0 Å². The van der Waals surface area contributed by atoms with Crippen LogP contribution in [0.25, 0.3) is 0 Å². The Hall–Kier alpha value is -1.38. The molecule has 2 aliphatic carbocycles. The van der Waals surface area contributed by atoms with Crippen molar-refractivity contribution in [2.45, 2.75) is 26.7 Å². The number of esters is 1. The second kappa shape index (κ2) is 3.34. The standard InChI is InChI=1S/C15H18O3/c1-9-5-4-6-11-7-15(12(16)14(9,11)3)10(2)8-18-13(15)17/h4-5,9,11H,2,6-8H2,1,3H3/t9-,11-,14-,15-/m1/s1. The molecule has 3 rings (SSSR count). The summed E-state index contributed by atoms with van der Waals surface area (Å²) in [5.74, 6) is 0.0569. The maximum absolute atomic E-state index is 12.9. The molecule has 0 amide bonds. The SMILES string of the molecule is C=C1COC(=O)[C@]12C[C@H]1CC=C[C@@H](C)[C@@]1(C)C2=O. The van der Waals surface area contributed by atoms with E-state index in [1.165, 1.54) is 0 Å². The zero-order chi connectivity index (χ0) is 13.1. The topological polar surface area (TPSA) is 43.4 Å². The quantitative estimate of drug-likeness (QED) is 0.374. The van der Waals surface area contributed by atoms with E-state index < -0.39 is 10.8 Å². The van der Waals surface area contributed by atoms with Crippen LogP contribution in [0.4, 0.5) is 0 Å². The van der Waals surface area contributed by atoms with Crippen LogP contribution in [-0.2, 0) is 14.3 Å². The predicted molar refractivity (Wildman–Crippen MR) is 66.7 cm³/mol. The minimum absolute atomic E-state index is 0.0318. The van der Waals surface area contributed by atoms with Crippen LogP contribution in [0, 0.1) is 22.7 Å². The molecule has 96 valence electrons. The number of Topliss-reactive ketones (excluding diaryl/α,β-unsaturated/α-hetero) is 1. The van der Waals surface area contributed by atoms with Crippen molar-refractivity contribution in [2.24, 2.45) is 22.7 Å². The maximum Gasteiger partial charge on any atom is 0.324 e. The normalized spacial score (nSPS) is 46.7. The van der Waals surface area contributed by atoms with Crippen LogP contribution >= 0.6 is 0 Å². The van der Waals surface area contributed by atoms with Gasteiger partial charge in [0.25, 0.3) is 0 Å². The summed E-state index contributed by atoms with van der Waals surface area (Å²) >= 11 is 0. The Labute approximate surface area is 107 Å². The first kappa shape index (κ1) is 11.7. The molecule has 0 aromatic heterocycles. The van der Waals surface area contributed by atoms with Gasteiger partial charge in [-0.2, -0.15) is 0 Å². The smallest absolute Gasteiger partial charge is 0.324 e. The molecule has 2 fully saturated rings. The van der Waals surface area contributed by atoms with Crippen molar-refractivity contribution in [3.05, 3.63) is 24.3 Å². The average Bonchev–Trinajstić information content (AvgIpc) is 2.75. The zero-order valence-electron chi connectivity index (χ0n) is 10.9. The van der Waals surface area contributed by atoms with Gasteiger partial charge in [-0.25, -0.2) is 0 Å². The van der Waals surface area contributed by atoms with Gasteiger partial charge in [-0.05, 0) is 30.3 Å². The van der Waals surface area contributed by atoms with E-state index in [1.54, 1.807) is 0 Å². The third kappa shape index (κ3) is 1.06. The number of allylic oxidation sites excluding steroid dienone is 2. The van der Waals surface area contributed by atoms with Crippen LogP contribution in [0.15, 0.2) is 24.3 Å². The van der Waals surface area contributed by atoms with Crippen molar-refractivity contribution < 1.29 is 14.3 Å². The molecular formula is C15H18O3. The van der Waals surface area contributed by atoms with E-state index in [2.05, 4.69) is 25.7 Å². The van der Waals surface area contributed by atoms with Gasteiger partial charge in [0.05, 0.1) is 0 Å². The second-order valence-electron chi connectivity index (χ2n) is 6.05. The Bertz CT molecular complexity index is 472. The monoisotopic (exact) mass is 246 g/mol. The highest BCUT2D eigenvalue weighted by Gasteiger charge is 2.68. The van der Waals surface area contributed by atoms with Crippen LogP contribution in [0.3, 0.4) is 0 Å². The van der Waals surface area contributed by atoms with Crippen molar-refractivity contribution in [2.75, 3.05) is 6.61 Å². The van der Waals surface area contributed by atoms with Gasteiger partial charge in [-0.15, -0.1) is 0 Å². The summed E-state index contributed by atoms with van der Waals surface area (Å²) in [5.41, 5.74) is -0.832. The molecule has 18 heavy (non-hydrogen) atoms. The third-order valence-corrected chi connectivity index (χ3v) is 5.40. The van der Waals surface area contributed by atoms with Crippen LogP contribution in [0.1, 0.15) is 26.7 Å². The van der Waals surface area contributed by atoms with Gasteiger partial charge in [0.1, 0.15) is 6.61 Å². The fourth-order valence-electron chi connectivity index (χ4n) is 3.90. The summed E-state index contributed by atoms with van der Waals surface area (Å²) in [5, 5.41) is 0. The Kier molecular flexibility index (Phi) is 2.17. The van der Waals surface area contributed by atoms with Crippen molar-refractivity contribution in [1.29, 1.82) is 0 Å². The number of carbonyl (C=O) groups excluding carboxylic acids is 2. The Balaban J connectivity index is 2.13. The number of hydrogen-bond acceptors (Lipinski definition) is 3. The molecule has 3 nitrogen and oxygen atoms in total. The highest BCUT2D eigenvalue weighted by Crippen LogP contribution is 2.61. The van der Waals surface area contributed by atoms with Gasteiger partial charge in [-0.3, -0.25) is 9.59 Å². The minimum atomic E-state index is -1.04. The van der Waals surface area contributed by atoms with E-state index in [-0.39, 0.29) is 30.2 Å². The molecule has 1 saturated carbocycles. The number of cyclic esters (lactones) is 1. The maximum atomic E-state index is 12.9. The van der Waals surface area contributed by atoms with Crippen molar-refractivity contribution in [1.82, 2.24) is 0 Å². The number of ether oxygens (including phenoxy) is 1. The van der Waals surface area contributed by atoms with Crippen molar-refractivity contribution in [3.63, 3.8) is 0 Å². The molecule has 0 aromatic carbocycles. The van der Waals surface area contributed by atoms with Crippen LogP contribution in [0.2, 0.25) is 0 Å². The highest BCUT2D eigenvalue weighted by atomic mass is 16.5. The van der Waals surface area contributed by atoms with Crippen molar-refractivity contribution >= 4 is 11.8 Å². The van der Waals surface area contributed by atoms with Crippen LogP contribution in [-0.4, -0.2) is 18.4 Å². The Morgan fingerprint density at radius 3 is 2.72 bits per heavy atom. The molecule has 1 heterocycles. The zero-order valence-corrected chi connectivity index (χ0v) is 10.9. The van der Waals surface area contributed by atoms with E-state index in [0.717, 1.165) is 6.42 Å². The molecule has 3 aliphatic rings. The molecule has 0 aromatic rings. The van der Waals surface area contributed by atoms with E-state index in [0.29, 0.717) is 12.0 Å². The molecule has 1 saturated heterocycles. The van der Waals surface area contributed by atoms with Gasteiger partial charge >= 0.3 is 5.97 Å². The van der Waals surface area contributed by atoms with Gasteiger partial charge in [-0.1, -0.05) is 32.6 Å². The van der Waals surface area contributed by atoms with Crippen LogP contribution in [0.5, 0.6) is 0 Å². The summed E-state index contributed by atoms with van der Waals surface area (Å²) in [4.78, 5) is 25.0. The fraction of sp³-hybridized carbons (Fsp3) is 0.600. The van der Waals surface area contributed by atoms with Crippen LogP contribution < -0.4 is 0 Å². The molecule has 1 aliphatic heterocycles. The molecule has 1 spiro atoms. The Morgan fingerprint density at radius 2 is 2.17 bits per heavy atom.